The topological polar surface area (TPSA) is 38.3 Å². The molecule has 0 aliphatic carbocycles. The second kappa shape index (κ2) is 6.19. The first-order valence-corrected chi connectivity index (χ1v) is 5.04. The Morgan fingerprint density at radius 1 is 1.40 bits per heavy atom. The number of nitrogens with one attached hydrogen (secondary N) is 1. The minimum absolute atomic E-state index is 0.0284. The van der Waals surface area contributed by atoms with Gasteiger partial charge in [-0.3, -0.25) is 4.79 Å². The van der Waals surface area contributed by atoms with Crippen LogP contribution in [0, 0.1) is 5.92 Å². The van der Waals surface area contributed by atoms with Crippen LogP contribution in [0.3, 0.4) is 0 Å². The van der Waals surface area contributed by atoms with Crippen LogP contribution < -0.4 is 5.32 Å². The van der Waals surface area contributed by atoms with E-state index in [9.17, 15) is 4.79 Å². The fraction of sp³-hybridized carbons (Fsp3) is 0.417. The van der Waals surface area contributed by atoms with Gasteiger partial charge in [-0.25, -0.2) is 0 Å². The molecule has 0 heterocycles. The van der Waals surface area contributed by atoms with Crippen molar-refractivity contribution in [3.05, 3.63) is 35.9 Å². The summed E-state index contributed by atoms with van der Waals surface area (Å²) in [6.07, 6.45) is 0. The SMILES string of the molecule is COCC(C)C(=O)NCc1ccccc1. The van der Waals surface area contributed by atoms with Gasteiger partial charge in [0.1, 0.15) is 0 Å². The third kappa shape index (κ3) is 4.13. The maximum atomic E-state index is 11.5. The monoisotopic (exact) mass is 207 g/mol. The maximum absolute atomic E-state index is 11.5. The van der Waals surface area contributed by atoms with E-state index in [1.54, 1.807) is 7.11 Å². The summed E-state index contributed by atoms with van der Waals surface area (Å²) in [6.45, 7) is 2.89. The molecule has 82 valence electrons. The number of ether oxygens (including phenoxy) is 1. The first-order valence-electron chi connectivity index (χ1n) is 5.04. The Morgan fingerprint density at radius 2 is 2.07 bits per heavy atom. The van der Waals surface area contributed by atoms with Gasteiger partial charge in [0.05, 0.1) is 12.5 Å². The standard InChI is InChI=1S/C12H17NO2/c1-10(9-15-2)12(14)13-8-11-6-4-3-5-7-11/h3-7,10H,8-9H2,1-2H3,(H,13,14). The molecule has 1 unspecified atom stereocenters. The van der Waals surface area contributed by atoms with Crippen molar-refractivity contribution < 1.29 is 9.53 Å². The van der Waals surface area contributed by atoms with E-state index in [1.165, 1.54) is 0 Å². The van der Waals surface area contributed by atoms with Crippen LogP contribution in [-0.2, 0) is 16.1 Å². The Bertz CT molecular complexity index is 298. The molecule has 0 saturated carbocycles. The van der Waals surface area contributed by atoms with Crippen molar-refractivity contribution in [1.82, 2.24) is 5.32 Å². The molecule has 3 heteroatoms. The molecule has 1 aromatic carbocycles. The minimum atomic E-state index is -0.0984. The molecular formula is C12H17NO2. The molecule has 0 aromatic heterocycles. The van der Waals surface area contributed by atoms with Gasteiger partial charge >= 0.3 is 0 Å². The lowest BCUT2D eigenvalue weighted by Gasteiger charge is -2.10. The van der Waals surface area contributed by atoms with Crippen LogP contribution >= 0.6 is 0 Å². The summed E-state index contributed by atoms with van der Waals surface area (Å²) in [6, 6.07) is 9.85. The quantitative estimate of drug-likeness (QED) is 0.796. The number of carbonyl (C=O) groups excluding carboxylic acids is 1. The molecule has 0 aliphatic heterocycles. The van der Waals surface area contributed by atoms with Crippen LogP contribution in [0.2, 0.25) is 0 Å². The fourth-order valence-corrected chi connectivity index (χ4v) is 1.28. The summed E-state index contributed by atoms with van der Waals surface area (Å²) in [5.41, 5.74) is 1.11. The zero-order valence-corrected chi connectivity index (χ0v) is 9.19. The van der Waals surface area contributed by atoms with E-state index in [4.69, 9.17) is 4.74 Å². The highest BCUT2D eigenvalue weighted by molar-refractivity contribution is 5.78. The predicted octanol–water partition coefficient (Wildman–Crippen LogP) is 1.59. The smallest absolute Gasteiger partial charge is 0.225 e. The first-order chi connectivity index (χ1) is 7.24. The van der Waals surface area contributed by atoms with Crippen molar-refractivity contribution in [2.45, 2.75) is 13.5 Å². The zero-order valence-electron chi connectivity index (χ0n) is 9.19. The van der Waals surface area contributed by atoms with Gasteiger partial charge in [-0.15, -0.1) is 0 Å². The Labute approximate surface area is 90.4 Å². The lowest BCUT2D eigenvalue weighted by molar-refractivity contribution is -0.126. The van der Waals surface area contributed by atoms with Crippen LogP contribution in [0.25, 0.3) is 0 Å². The Morgan fingerprint density at radius 3 is 2.67 bits per heavy atom. The van der Waals surface area contributed by atoms with Crippen molar-refractivity contribution in [1.29, 1.82) is 0 Å². The Balaban J connectivity index is 2.34. The van der Waals surface area contributed by atoms with Crippen LogP contribution in [0.5, 0.6) is 0 Å². The highest BCUT2D eigenvalue weighted by atomic mass is 16.5. The Hall–Kier alpha value is -1.35. The van der Waals surface area contributed by atoms with Gasteiger partial charge in [-0.05, 0) is 5.56 Å². The molecule has 0 saturated heterocycles. The summed E-state index contributed by atoms with van der Waals surface area (Å²) in [4.78, 5) is 11.5. The van der Waals surface area contributed by atoms with Gasteiger partial charge in [0.2, 0.25) is 5.91 Å². The average Bonchev–Trinajstić information content (AvgIpc) is 2.27. The second-order valence-corrected chi connectivity index (χ2v) is 3.56. The van der Waals surface area contributed by atoms with Crippen molar-refractivity contribution >= 4 is 5.91 Å². The van der Waals surface area contributed by atoms with Crippen LogP contribution in [0.4, 0.5) is 0 Å². The van der Waals surface area contributed by atoms with E-state index in [0.717, 1.165) is 5.56 Å². The van der Waals surface area contributed by atoms with Crippen molar-refractivity contribution in [2.24, 2.45) is 5.92 Å². The van der Waals surface area contributed by atoms with Gasteiger partial charge in [-0.1, -0.05) is 37.3 Å². The molecular weight excluding hydrogens is 190 g/mol. The number of hydrogen-bond acceptors (Lipinski definition) is 2. The molecule has 1 rings (SSSR count). The van der Waals surface area contributed by atoms with Gasteiger partial charge in [0, 0.05) is 13.7 Å². The third-order valence-electron chi connectivity index (χ3n) is 2.17. The highest BCUT2D eigenvalue weighted by Crippen LogP contribution is 1.99. The average molecular weight is 207 g/mol. The van der Waals surface area contributed by atoms with E-state index in [0.29, 0.717) is 13.2 Å². The molecule has 1 N–H and O–H groups in total. The summed E-state index contributed by atoms with van der Waals surface area (Å²) in [7, 11) is 1.60. The molecule has 0 bridgehead atoms. The number of rotatable bonds is 5. The summed E-state index contributed by atoms with van der Waals surface area (Å²) < 4.78 is 4.92. The number of methoxy groups -OCH3 is 1. The van der Waals surface area contributed by atoms with E-state index < -0.39 is 0 Å². The van der Waals surface area contributed by atoms with E-state index in [-0.39, 0.29) is 11.8 Å². The number of benzene rings is 1. The summed E-state index contributed by atoms with van der Waals surface area (Å²) in [5, 5.41) is 2.86. The van der Waals surface area contributed by atoms with Crippen molar-refractivity contribution in [3.63, 3.8) is 0 Å². The predicted molar refractivity (Wildman–Crippen MR) is 59.3 cm³/mol. The maximum Gasteiger partial charge on any atom is 0.225 e. The first kappa shape index (κ1) is 11.7. The lowest BCUT2D eigenvalue weighted by atomic mass is 10.1. The molecule has 0 aliphatic rings. The van der Waals surface area contributed by atoms with Crippen LogP contribution in [0.15, 0.2) is 30.3 Å². The molecule has 1 atom stereocenters. The summed E-state index contributed by atoms with van der Waals surface area (Å²) >= 11 is 0. The molecule has 0 spiro atoms. The zero-order chi connectivity index (χ0) is 11.1. The fourth-order valence-electron chi connectivity index (χ4n) is 1.28. The number of amides is 1. The molecule has 0 radical (unpaired) electrons. The van der Waals surface area contributed by atoms with Crippen molar-refractivity contribution in [3.8, 4) is 0 Å². The van der Waals surface area contributed by atoms with Gasteiger partial charge in [0.15, 0.2) is 0 Å². The summed E-state index contributed by atoms with van der Waals surface area (Å²) in [5.74, 6) is -0.0700. The molecule has 1 amide bonds. The van der Waals surface area contributed by atoms with Gasteiger partial charge in [0.25, 0.3) is 0 Å². The number of carbonyl (C=O) groups is 1. The van der Waals surface area contributed by atoms with E-state index >= 15 is 0 Å². The molecule has 3 nitrogen and oxygen atoms in total. The van der Waals surface area contributed by atoms with Crippen LogP contribution in [-0.4, -0.2) is 19.6 Å². The third-order valence-corrected chi connectivity index (χ3v) is 2.17. The van der Waals surface area contributed by atoms with Crippen LogP contribution in [0.1, 0.15) is 12.5 Å². The van der Waals surface area contributed by atoms with Gasteiger partial charge in [-0.2, -0.15) is 0 Å². The van der Waals surface area contributed by atoms with E-state index in [2.05, 4.69) is 5.32 Å². The molecule has 15 heavy (non-hydrogen) atoms. The van der Waals surface area contributed by atoms with Gasteiger partial charge < -0.3 is 10.1 Å². The molecule has 1 aromatic rings. The van der Waals surface area contributed by atoms with Crippen molar-refractivity contribution in [2.75, 3.05) is 13.7 Å². The Kier molecular flexibility index (Phi) is 4.84. The minimum Gasteiger partial charge on any atom is -0.384 e. The normalized spacial score (nSPS) is 12.1. The largest absolute Gasteiger partial charge is 0.384 e. The lowest BCUT2D eigenvalue weighted by Crippen LogP contribution is -2.30. The molecule has 0 fully saturated rings. The number of hydrogen-bond donors (Lipinski definition) is 1. The highest BCUT2D eigenvalue weighted by Gasteiger charge is 2.11. The van der Waals surface area contributed by atoms with E-state index in [1.807, 2.05) is 37.3 Å². The second-order valence-electron chi connectivity index (χ2n) is 3.56.